The van der Waals surface area contributed by atoms with Crippen molar-refractivity contribution < 1.29 is 0 Å². The average molecular weight is 303 g/mol. The Morgan fingerprint density at radius 2 is 1.86 bits per heavy atom. The van der Waals surface area contributed by atoms with Crippen molar-refractivity contribution in [2.24, 2.45) is 0 Å². The zero-order valence-corrected chi connectivity index (χ0v) is 12.6. The molecule has 1 saturated heterocycles. The van der Waals surface area contributed by atoms with E-state index in [4.69, 9.17) is 17.3 Å². The second kappa shape index (κ2) is 6.33. The Morgan fingerprint density at radius 1 is 1.10 bits per heavy atom. The van der Waals surface area contributed by atoms with Crippen molar-refractivity contribution in [3.8, 4) is 0 Å². The minimum atomic E-state index is 0.747. The maximum absolute atomic E-state index is 6.23. The van der Waals surface area contributed by atoms with Gasteiger partial charge in [-0.3, -0.25) is 9.88 Å². The third kappa shape index (κ3) is 3.28. The molecule has 1 aliphatic rings. The van der Waals surface area contributed by atoms with Crippen molar-refractivity contribution >= 4 is 23.0 Å². The van der Waals surface area contributed by atoms with Crippen LogP contribution in [0.2, 0.25) is 5.02 Å². The molecule has 0 amide bonds. The number of aromatic nitrogens is 1. The molecule has 1 fully saturated rings. The Morgan fingerprint density at radius 3 is 2.57 bits per heavy atom. The summed E-state index contributed by atoms with van der Waals surface area (Å²) in [5.41, 5.74) is 9.02. The molecule has 5 heteroatoms. The first-order chi connectivity index (χ1) is 10.2. The molecule has 0 saturated carbocycles. The Labute approximate surface area is 130 Å². The summed E-state index contributed by atoms with van der Waals surface area (Å²) in [7, 11) is 0. The average Bonchev–Trinajstić information content (AvgIpc) is 2.51. The summed E-state index contributed by atoms with van der Waals surface area (Å²) < 4.78 is 0. The van der Waals surface area contributed by atoms with Crippen molar-refractivity contribution in [3.63, 3.8) is 0 Å². The molecule has 0 radical (unpaired) electrons. The first-order valence-electron chi connectivity index (χ1n) is 7.14. The highest BCUT2D eigenvalue weighted by atomic mass is 35.5. The zero-order valence-electron chi connectivity index (χ0n) is 11.9. The van der Waals surface area contributed by atoms with Crippen LogP contribution in [0.25, 0.3) is 0 Å². The number of piperazine rings is 1. The van der Waals surface area contributed by atoms with Gasteiger partial charge in [-0.25, -0.2) is 0 Å². The van der Waals surface area contributed by atoms with Crippen LogP contribution in [0.15, 0.2) is 42.7 Å². The normalized spacial score (nSPS) is 16.1. The maximum Gasteiger partial charge on any atom is 0.0738 e. The van der Waals surface area contributed by atoms with Gasteiger partial charge in [-0.2, -0.15) is 0 Å². The lowest BCUT2D eigenvalue weighted by Crippen LogP contribution is -2.46. The number of benzene rings is 1. The van der Waals surface area contributed by atoms with Crippen molar-refractivity contribution in [1.29, 1.82) is 0 Å². The van der Waals surface area contributed by atoms with Crippen LogP contribution in [0.5, 0.6) is 0 Å². The SMILES string of the molecule is Nc1cnccc1N1CCN(Cc2ccccc2Cl)CC1. The fourth-order valence-electron chi connectivity index (χ4n) is 2.70. The van der Waals surface area contributed by atoms with Gasteiger partial charge in [-0.15, -0.1) is 0 Å². The minimum Gasteiger partial charge on any atom is -0.396 e. The molecule has 1 aliphatic heterocycles. The molecule has 2 N–H and O–H groups in total. The number of nitrogen functional groups attached to an aromatic ring is 1. The lowest BCUT2D eigenvalue weighted by Gasteiger charge is -2.36. The topological polar surface area (TPSA) is 45.4 Å². The van der Waals surface area contributed by atoms with Gasteiger partial charge >= 0.3 is 0 Å². The smallest absolute Gasteiger partial charge is 0.0738 e. The molecule has 110 valence electrons. The number of pyridine rings is 1. The van der Waals surface area contributed by atoms with E-state index in [1.807, 2.05) is 24.3 Å². The van der Waals surface area contributed by atoms with Gasteiger partial charge in [0.25, 0.3) is 0 Å². The molecule has 3 rings (SSSR count). The zero-order chi connectivity index (χ0) is 14.7. The lowest BCUT2D eigenvalue weighted by molar-refractivity contribution is 0.250. The monoisotopic (exact) mass is 302 g/mol. The number of rotatable bonds is 3. The molecule has 0 aliphatic carbocycles. The quantitative estimate of drug-likeness (QED) is 0.947. The van der Waals surface area contributed by atoms with Gasteiger partial charge < -0.3 is 10.6 Å². The lowest BCUT2D eigenvalue weighted by atomic mass is 10.2. The van der Waals surface area contributed by atoms with Gasteiger partial charge in [-0.05, 0) is 17.7 Å². The number of nitrogens with zero attached hydrogens (tertiary/aromatic N) is 3. The fourth-order valence-corrected chi connectivity index (χ4v) is 2.90. The summed E-state index contributed by atoms with van der Waals surface area (Å²) in [6.45, 7) is 4.86. The molecule has 2 heterocycles. The maximum atomic E-state index is 6.23. The fraction of sp³-hybridized carbons (Fsp3) is 0.312. The van der Waals surface area contributed by atoms with Gasteiger partial charge in [0.1, 0.15) is 0 Å². The predicted octanol–water partition coefficient (Wildman–Crippen LogP) is 2.64. The van der Waals surface area contributed by atoms with Crippen LogP contribution in [0.4, 0.5) is 11.4 Å². The van der Waals surface area contributed by atoms with E-state index in [1.165, 1.54) is 5.56 Å². The third-order valence-electron chi connectivity index (χ3n) is 3.89. The number of anilines is 2. The van der Waals surface area contributed by atoms with Crippen molar-refractivity contribution in [1.82, 2.24) is 9.88 Å². The summed E-state index contributed by atoms with van der Waals surface area (Å²) in [4.78, 5) is 8.79. The van der Waals surface area contributed by atoms with Crippen LogP contribution in [0.1, 0.15) is 5.56 Å². The largest absolute Gasteiger partial charge is 0.396 e. The number of nitrogens with two attached hydrogens (primary N) is 1. The van der Waals surface area contributed by atoms with Crippen LogP contribution in [-0.4, -0.2) is 36.1 Å². The second-order valence-electron chi connectivity index (χ2n) is 5.29. The predicted molar refractivity (Wildman–Crippen MR) is 87.6 cm³/mol. The molecule has 2 aromatic rings. The Hall–Kier alpha value is -1.78. The van der Waals surface area contributed by atoms with Crippen molar-refractivity contribution in [3.05, 3.63) is 53.3 Å². The van der Waals surface area contributed by atoms with Crippen molar-refractivity contribution in [2.45, 2.75) is 6.54 Å². The standard InChI is InChI=1S/C16H19ClN4/c17-14-4-2-1-3-13(14)12-20-7-9-21(10-8-20)16-5-6-19-11-15(16)18/h1-6,11H,7-10,12,18H2. The molecule has 21 heavy (non-hydrogen) atoms. The van der Waals surface area contributed by atoms with E-state index >= 15 is 0 Å². The van der Waals surface area contributed by atoms with E-state index in [9.17, 15) is 0 Å². The Kier molecular flexibility index (Phi) is 4.27. The Bertz CT molecular complexity index is 609. The number of hydrogen-bond donors (Lipinski definition) is 1. The molecular weight excluding hydrogens is 284 g/mol. The molecule has 1 aromatic heterocycles. The van der Waals surface area contributed by atoms with Crippen molar-refractivity contribution in [2.75, 3.05) is 36.8 Å². The molecule has 0 atom stereocenters. The van der Waals surface area contributed by atoms with E-state index in [0.29, 0.717) is 0 Å². The molecular formula is C16H19ClN4. The summed E-state index contributed by atoms with van der Waals surface area (Å²) in [5.74, 6) is 0. The summed E-state index contributed by atoms with van der Waals surface area (Å²) in [5, 5.41) is 0.846. The molecule has 0 spiro atoms. The highest BCUT2D eigenvalue weighted by Gasteiger charge is 2.19. The highest BCUT2D eigenvalue weighted by Crippen LogP contribution is 2.23. The molecule has 1 aromatic carbocycles. The minimum absolute atomic E-state index is 0.747. The highest BCUT2D eigenvalue weighted by molar-refractivity contribution is 6.31. The third-order valence-corrected chi connectivity index (χ3v) is 4.26. The summed E-state index contributed by atoms with van der Waals surface area (Å²) in [6, 6.07) is 10.0. The Balaban J connectivity index is 1.61. The van der Waals surface area contributed by atoms with Crippen LogP contribution in [0.3, 0.4) is 0 Å². The van der Waals surface area contributed by atoms with E-state index in [1.54, 1.807) is 12.4 Å². The number of halogens is 1. The van der Waals surface area contributed by atoms with Crippen LogP contribution in [0, 0.1) is 0 Å². The van der Waals surface area contributed by atoms with Gasteiger partial charge in [0, 0.05) is 43.9 Å². The van der Waals surface area contributed by atoms with E-state index in [-0.39, 0.29) is 0 Å². The summed E-state index contributed by atoms with van der Waals surface area (Å²) in [6.07, 6.45) is 3.51. The summed E-state index contributed by atoms with van der Waals surface area (Å²) >= 11 is 6.23. The van der Waals surface area contributed by atoms with Gasteiger partial charge in [0.05, 0.1) is 17.6 Å². The first kappa shape index (κ1) is 14.2. The van der Waals surface area contributed by atoms with E-state index in [0.717, 1.165) is 49.1 Å². The van der Waals surface area contributed by atoms with Crippen LogP contribution in [-0.2, 0) is 6.54 Å². The van der Waals surface area contributed by atoms with Gasteiger partial charge in [0.15, 0.2) is 0 Å². The van der Waals surface area contributed by atoms with Crippen LogP contribution >= 0.6 is 11.6 Å². The van der Waals surface area contributed by atoms with Crippen LogP contribution < -0.4 is 10.6 Å². The van der Waals surface area contributed by atoms with E-state index < -0.39 is 0 Å². The van der Waals surface area contributed by atoms with Gasteiger partial charge in [-0.1, -0.05) is 29.8 Å². The number of hydrogen-bond acceptors (Lipinski definition) is 4. The van der Waals surface area contributed by atoms with E-state index in [2.05, 4.69) is 20.9 Å². The van der Waals surface area contributed by atoms with Gasteiger partial charge in [0.2, 0.25) is 0 Å². The molecule has 0 unspecified atom stereocenters. The molecule has 4 nitrogen and oxygen atoms in total. The second-order valence-corrected chi connectivity index (χ2v) is 5.70. The molecule has 0 bridgehead atoms. The first-order valence-corrected chi connectivity index (χ1v) is 7.52.